The molecule has 0 radical (unpaired) electrons. The second kappa shape index (κ2) is 7.59. The molecule has 24 heavy (non-hydrogen) atoms. The third-order valence-electron chi connectivity index (χ3n) is 2.87. The smallest absolute Gasteiger partial charge is 0.324 e. The van der Waals surface area contributed by atoms with Gasteiger partial charge in [0.15, 0.2) is 0 Å². The molecule has 1 aromatic carbocycles. The van der Waals surface area contributed by atoms with E-state index >= 15 is 0 Å². The van der Waals surface area contributed by atoms with Gasteiger partial charge in [-0.3, -0.25) is 14.9 Å². The largest absolute Gasteiger partial charge is 0.495 e. The van der Waals surface area contributed by atoms with Crippen molar-refractivity contribution in [3.63, 3.8) is 0 Å². The predicted octanol–water partition coefficient (Wildman–Crippen LogP) is 3.86. The lowest BCUT2D eigenvalue weighted by molar-refractivity contribution is -0.380. The van der Waals surface area contributed by atoms with E-state index in [2.05, 4.69) is 5.32 Å². The molecule has 0 aliphatic rings. The summed E-state index contributed by atoms with van der Waals surface area (Å²) in [7, 11) is 1.47. The van der Waals surface area contributed by atoms with Crippen LogP contribution in [0.15, 0.2) is 35.2 Å². The van der Waals surface area contributed by atoms with Crippen molar-refractivity contribution < 1.29 is 14.5 Å². The highest BCUT2D eigenvalue weighted by Gasteiger charge is 2.13. The van der Waals surface area contributed by atoms with E-state index in [4.69, 9.17) is 21.6 Å². The van der Waals surface area contributed by atoms with Crippen LogP contribution in [0.1, 0.15) is 5.56 Å². The number of hydrogen-bond donors (Lipinski definition) is 1. The molecule has 2 rings (SSSR count). The molecule has 7 nitrogen and oxygen atoms in total. The molecular formula is C15H10ClN3O4S. The molecule has 1 N–H and O–H groups in total. The SMILES string of the molecule is COc1ccc(NC(=O)/C(C#N)=C/c2csc([N+](=O)[O-])c2)cc1Cl. The van der Waals surface area contributed by atoms with Crippen LogP contribution in [0.3, 0.4) is 0 Å². The lowest BCUT2D eigenvalue weighted by Gasteiger charge is -2.07. The molecule has 1 amide bonds. The number of amides is 1. The molecule has 2 aromatic rings. The van der Waals surface area contributed by atoms with Crippen molar-refractivity contribution in [1.82, 2.24) is 0 Å². The number of ether oxygens (including phenoxy) is 1. The van der Waals surface area contributed by atoms with Crippen LogP contribution in [-0.4, -0.2) is 17.9 Å². The fraction of sp³-hybridized carbons (Fsp3) is 0.0667. The lowest BCUT2D eigenvalue weighted by Crippen LogP contribution is -2.13. The lowest BCUT2D eigenvalue weighted by atomic mass is 10.2. The number of nitrogens with one attached hydrogen (secondary N) is 1. The first-order valence-electron chi connectivity index (χ1n) is 6.44. The molecule has 1 heterocycles. The third kappa shape index (κ3) is 4.10. The number of hydrogen-bond acceptors (Lipinski definition) is 6. The molecule has 0 saturated heterocycles. The molecule has 122 valence electrons. The second-order valence-corrected chi connectivity index (χ2v) is 5.75. The summed E-state index contributed by atoms with van der Waals surface area (Å²) in [4.78, 5) is 22.3. The molecule has 0 unspecified atom stereocenters. The minimum absolute atomic E-state index is 0.0686. The average Bonchev–Trinajstić information content (AvgIpc) is 3.01. The van der Waals surface area contributed by atoms with Crippen molar-refractivity contribution in [1.29, 1.82) is 5.26 Å². The Bertz CT molecular complexity index is 870. The molecule has 1 aromatic heterocycles. The fourth-order valence-electron chi connectivity index (χ4n) is 1.77. The molecule has 0 aliphatic heterocycles. The predicted molar refractivity (Wildman–Crippen MR) is 91.2 cm³/mol. The van der Waals surface area contributed by atoms with Crippen molar-refractivity contribution in [3.05, 3.63) is 55.9 Å². The Morgan fingerprint density at radius 3 is 2.79 bits per heavy atom. The maximum absolute atomic E-state index is 12.1. The summed E-state index contributed by atoms with van der Waals surface area (Å²) < 4.78 is 5.01. The Morgan fingerprint density at radius 2 is 2.25 bits per heavy atom. The summed E-state index contributed by atoms with van der Waals surface area (Å²) in [6, 6.07) is 7.71. The van der Waals surface area contributed by atoms with Crippen LogP contribution in [-0.2, 0) is 4.79 Å². The van der Waals surface area contributed by atoms with Gasteiger partial charge in [-0.05, 0) is 29.8 Å². The van der Waals surface area contributed by atoms with Gasteiger partial charge < -0.3 is 10.1 Å². The molecular weight excluding hydrogens is 354 g/mol. The first-order chi connectivity index (χ1) is 11.4. The van der Waals surface area contributed by atoms with E-state index in [1.807, 2.05) is 0 Å². The highest BCUT2D eigenvalue weighted by molar-refractivity contribution is 7.13. The Labute approximate surface area is 145 Å². The number of nitriles is 1. The molecule has 0 saturated carbocycles. The van der Waals surface area contributed by atoms with E-state index < -0.39 is 10.8 Å². The molecule has 0 aliphatic carbocycles. The van der Waals surface area contributed by atoms with Gasteiger partial charge in [-0.25, -0.2) is 0 Å². The van der Waals surface area contributed by atoms with E-state index in [9.17, 15) is 14.9 Å². The number of carbonyl (C=O) groups excluding carboxylic acids is 1. The number of rotatable bonds is 5. The highest BCUT2D eigenvalue weighted by Crippen LogP contribution is 2.28. The van der Waals surface area contributed by atoms with E-state index in [0.29, 0.717) is 22.0 Å². The number of nitro groups is 1. The molecule has 0 atom stereocenters. The van der Waals surface area contributed by atoms with Crippen LogP contribution in [0.5, 0.6) is 5.75 Å². The minimum atomic E-state index is -0.646. The fourth-order valence-corrected chi connectivity index (χ4v) is 2.71. The second-order valence-electron chi connectivity index (χ2n) is 4.45. The highest BCUT2D eigenvalue weighted by atomic mass is 35.5. The number of carbonyl (C=O) groups is 1. The van der Waals surface area contributed by atoms with E-state index in [0.717, 1.165) is 11.3 Å². The average molecular weight is 364 g/mol. The van der Waals surface area contributed by atoms with Gasteiger partial charge in [-0.2, -0.15) is 5.26 Å². The normalized spacial score (nSPS) is 10.8. The summed E-state index contributed by atoms with van der Waals surface area (Å²) in [6.45, 7) is 0. The third-order valence-corrected chi connectivity index (χ3v) is 4.07. The topological polar surface area (TPSA) is 105 Å². The van der Waals surface area contributed by atoms with E-state index in [1.54, 1.807) is 18.2 Å². The van der Waals surface area contributed by atoms with Gasteiger partial charge in [0.2, 0.25) is 0 Å². The Morgan fingerprint density at radius 1 is 1.50 bits per heavy atom. The van der Waals surface area contributed by atoms with Crippen LogP contribution in [0.4, 0.5) is 10.7 Å². The van der Waals surface area contributed by atoms with Gasteiger partial charge in [0.25, 0.3) is 5.91 Å². The van der Waals surface area contributed by atoms with Crippen molar-refractivity contribution in [2.75, 3.05) is 12.4 Å². The number of halogens is 1. The van der Waals surface area contributed by atoms with Crippen molar-refractivity contribution in [3.8, 4) is 11.8 Å². The van der Waals surface area contributed by atoms with Crippen molar-refractivity contribution in [2.45, 2.75) is 0 Å². The van der Waals surface area contributed by atoms with Gasteiger partial charge >= 0.3 is 5.00 Å². The molecule has 0 bridgehead atoms. The number of nitrogens with zero attached hydrogens (tertiary/aromatic N) is 2. The standard InChI is InChI=1S/C15H10ClN3O4S/c1-23-13-3-2-11(6-12(13)16)18-15(20)10(7-17)4-9-5-14(19(21)22)24-8-9/h2-6,8H,1H3,(H,18,20)/b10-4+. The van der Waals surface area contributed by atoms with Crippen LogP contribution in [0.25, 0.3) is 6.08 Å². The molecule has 9 heteroatoms. The first-order valence-corrected chi connectivity index (χ1v) is 7.70. The van der Waals surface area contributed by atoms with Gasteiger partial charge in [0.1, 0.15) is 17.4 Å². The minimum Gasteiger partial charge on any atom is -0.495 e. The summed E-state index contributed by atoms with van der Waals surface area (Å²) >= 11 is 6.89. The Balaban J connectivity index is 2.19. The van der Waals surface area contributed by atoms with E-state index in [1.165, 1.54) is 30.7 Å². The Kier molecular flexibility index (Phi) is 5.52. The summed E-state index contributed by atoms with van der Waals surface area (Å²) in [5.74, 6) is -0.191. The van der Waals surface area contributed by atoms with Crippen LogP contribution >= 0.6 is 22.9 Å². The van der Waals surface area contributed by atoms with Crippen molar-refractivity contribution >= 4 is 45.6 Å². The van der Waals surface area contributed by atoms with Crippen LogP contribution in [0.2, 0.25) is 5.02 Å². The number of thiophene rings is 1. The Hall–Kier alpha value is -2.89. The number of methoxy groups -OCH3 is 1. The van der Waals surface area contributed by atoms with Gasteiger partial charge in [-0.1, -0.05) is 22.9 Å². The van der Waals surface area contributed by atoms with Crippen LogP contribution in [0, 0.1) is 21.4 Å². The molecule has 0 spiro atoms. The zero-order valence-corrected chi connectivity index (χ0v) is 13.9. The first kappa shape index (κ1) is 17.5. The monoisotopic (exact) mass is 363 g/mol. The maximum atomic E-state index is 12.1. The zero-order chi connectivity index (χ0) is 17.7. The summed E-state index contributed by atoms with van der Waals surface area (Å²) in [5.41, 5.74) is 0.615. The summed E-state index contributed by atoms with van der Waals surface area (Å²) in [5, 5.41) is 24.1. The summed E-state index contributed by atoms with van der Waals surface area (Å²) in [6.07, 6.45) is 1.28. The maximum Gasteiger partial charge on any atom is 0.324 e. The number of anilines is 1. The van der Waals surface area contributed by atoms with Gasteiger partial charge in [0, 0.05) is 17.1 Å². The number of benzene rings is 1. The zero-order valence-electron chi connectivity index (χ0n) is 12.3. The van der Waals surface area contributed by atoms with Crippen molar-refractivity contribution in [2.24, 2.45) is 0 Å². The molecule has 0 fully saturated rings. The quantitative estimate of drug-likeness (QED) is 0.375. The van der Waals surface area contributed by atoms with Gasteiger partial charge in [-0.15, -0.1) is 0 Å². The van der Waals surface area contributed by atoms with Gasteiger partial charge in [0.05, 0.1) is 17.1 Å². The van der Waals surface area contributed by atoms with Crippen LogP contribution < -0.4 is 10.1 Å². The van der Waals surface area contributed by atoms with E-state index in [-0.39, 0.29) is 10.6 Å².